The lowest BCUT2D eigenvalue weighted by Gasteiger charge is -2.29. The van der Waals surface area contributed by atoms with Crippen LogP contribution in [0.4, 0.5) is 5.82 Å². The van der Waals surface area contributed by atoms with E-state index in [1.165, 1.54) is 10.6 Å². The Balaban J connectivity index is 1.87. The highest BCUT2D eigenvalue weighted by molar-refractivity contribution is 7.88. The zero-order valence-corrected chi connectivity index (χ0v) is 13.8. The van der Waals surface area contributed by atoms with Crippen LogP contribution in [0.25, 0.3) is 5.65 Å². The van der Waals surface area contributed by atoms with Gasteiger partial charge in [0.15, 0.2) is 11.5 Å². The summed E-state index contributed by atoms with van der Waals surface area (Å²) in [6.07, 6.45) is 2.73. The summed E-state index contributed by atoms with van der Waals surface area (Å²) >= 11 is 0. The molecular formula is C13H20N6O2S. The molecule has 2 aromatic heterocycles. The molecule has 22 heavy (non-hydrogen) atoms. The monoisotopic (exact) mass is 324 g/mol. The lowest BCUT2D eigenvalue weighted by Crippen LogP contribution is -2.37. The van der Waals surface area contributed by atoms with E-state index < -0.39 is 10.0 Å². The fourth-order valence-corrected chi connectivity index (χ4v) is 3.61. The quantitative estimate of drug-likeness (QED) is 0.809. The largest absolute Gasteiger partial charge is 0.361 e. The maximum Gasteiger partial charge on any atom is 0.211 e. The first kappa shape index (κ1) is 15.2. The molecule has 1 aliphatic rings. The SMILES string of the molecule is CN(C)c1ccc2nnc(C3CCN(S(C)(=O)=O)CC3)n2n1. The summed E-state index contributed by atoms with van der Waals surface area (Å²) in [6.45, 7) is 1.04. The highest BCUT2D eigenvalue weighted by atomic mass is 32.2. The Morgan fingerprint density at radius 3 is 2.45 bits per heavy atom. The number of rotatable bonds is 3. The second-order valence-corrected chi connectivity index (χ2v) is 7.83. The van der Waals surface area contributed by atoms with E-state index in [9.17, 15) is 8.42 Å². The predicted octanol–water partition coefficient (Wildman–Crippen LogP) is 0.329. The lowest BCUT2D eigenvalue weighted by molar-refractivity contribution is 0.313. The Morgan fingerprint density at radius 1 is 1.18 bits per heavy atom. The zero-order valence-electron chi connectivity index (χ0n) is 13.0. The molecule has 1 aliphatic heterocycles. The van der Waals surface area contributed by atoms with Gasteiger partial charge < -0.3 is 4.90 Å². The minimum Gasteiger partial charge on any atom is -0.361 e. The van der Waals surface area contributed by atoms with Gasteiger partial charge >= 0.3 is 0 Å². The van der Waals surface area contributed by atoms with Crippen LogP contribution < -0.4 is 4.90 Å². The molecule has 0 aromatic carbocycles. The molecule has 8 nitrogen and oxygen atoms in total. The molecule has 0 N–H and O–H groups in total. The number of hydrogen-bond donors (Lipinski definition) is 0. The van der Waals surface area contributed by atoms with Crippen LogP contribution in [0.15, 0.2) is 12.1 Å². The molecule has 0 radical (unpaired) electrons. The highest BCUT2D eigenvalue weighted by Gasteiger charge is 2.28. The van der Waals surface area contributed by atoms with Crippen LogP contribution in [-0.2, 0) is 10.0 Å². The fraction of sp³-hybridized carbons (Fsp3) is 0.615. The van der Waals surface area contributed by atoms with Crippen molar-refractivity contribution in [2.75, 3.05) is 38.3 Å². The first-order valence-corrected chi connectivity index (χ1v) is 9.06. The van der Waals surface area contributed by atoms with E-state index in [4.69, 9.17) is 0 Å². The molecule has 1 fully saturated rings. The summed E-state index contributed by atoms with van der Waals surface area (Å²) in [7, 11) is 0.756. The van der Waals surface area contributed by atoms with E-state index >= 15 is 0 Å². The van der Waals surface area contributed by atoms with E-state index in [0.29, 0.717) is 18.7 Å². The van der Waals surface area contributed by atoms with Crippen LogP contribution in [0.1, 0.15) is 24.6 Å². The third kappa shape index (κ3) is 2.78. The molecule has 0 bridgehead atoms. The van der Waals surface area contributed by atoms with Gasteiger partial charge in [-0.05, 0) is 25.0 Å². The Kier molecular flexibility index (Phi) is 3.77. The van der Waals surface area contributed by atoms with Gasteiger partial charge in [-0.1, -0.05) is 0 Å². The van der Waals surface area contributed by atoms with Gasteiger partial charge in [-0.3, -0.25) is 0 Å². The van der Waals surface area contributed by atoms with Gasteiger partial charge in [0.1, 0.15) is 5.82 Å². The van der Waals surface area contributed by atoms with Crippen LogP contribution >= 0.6 is 0 Å². The Hall–Kier alpha value is -1.74. The van der Waals surface area contributed by atoms with Crippen molar-refractivity contribution in [1.82, 2.24) is 24.1 Å². The highest BCUT2D eigenvalue weighted by Crippen LogP contribution is 2.28. The topological polar surface area (TPSA) is 83.7 Å². The normalized spacial score (nSPS) is 18.0. The fourth-order valence-electron chi connectivity index (χ4n) is 2.73. The third-order valence-corrected chi connectivity index (χ3v) is 5.32. The number of aromatic nitrogens is 4. The average molecular weight is 324 g/mol. The molecule has 3 heterocycles. The second kappa shape index (κ2) is 5.47. The molecule has 0 unspecified atom stereocenters. The number of nitrogens with zero attached hydrogens (tertiary/aromatic N) is 6. The van der Waals surface area contributed by atoms with Crippen molar-refractivity contribution in [3.05, 3.63) is 18.0 Å². The minimum absolute atomic E-state index is 0.179. The summed E-state index contributed by atoms with van der Waals surface area (Å²) in [5.74, 6) is 1.83. The minimum atomic E-state index is -3.11. The maximum atomic E-state index is 11.6. The summed E-state index contributed by atoms with van der Waals surface area (Å²) in [5, 5.41) is 13.0. The van der Waals surface area contributed by atoms with Crippen LogP contribution in [-0.4, -0.2) is 66.0 Å². The standard InChI is InChI=1S/C13H20N6O2S/c1-17(2)12-5-4-11-14-15-13(19(11)16-12)10-6-8-18(9-7-10)22(3,20)21/h4-5,10H,6-9H2,1-3H3. The second-order valence-electron chi connectivity index (χ2n) is 5.85. The first-order valence-electron chi connectivity index (χ1n) is 7.21. The van der Waals surface area contributed by atoms with Crippen LogP contribution in [0.5, 0.6) is 0 Å². The number of piperidine rings is 1. The molecule has 1 saturated heterocycles. The van der Waals surface area contributed by atoms with Crippen LogP contribution in [0, 0.1) is 0 Å². The first-order chi connectivity index (χ1) is 10.4. The Morgan fingerprint density at radius 2 is 1.86 bits per heavy atom. The van der Waals surface area contributed by atoms with Gasteiger partial charge in [0, 0.05) is 33.1 Å². The molecule has 9 heteroatoms. The summed E-state index contributed by atoms with van der Waals surface area (Å²) in [4.78, 5) is 1.93. The van der Waals surface area contributed by atoms with Crippen LogP contribution in [0.3, 0.4) is 0 Å². The number of anilines is 1. The van der Waals surface area contributed by atoms with Crippen molar-refractivity contribution in [3.63, 3.8) is 0 Å². The summed E-state index contributed by atoms with van der Waals surface area (Å²) in [6, 6.07) is 3.80. The smallest absolute Gasteiger partial charge is 0.211 e. The predicted molar refractivity (Wildman–Crippen MR) is 83.5 cm³/mol. The van der Waals surface area contributed by atoms with Crippen molar-refractivity contribution in [3.8, 4) is 0 Å². The third-order valence-electron chi connectivity index (χ3n) is 4.02. The van der Waals surface area contributed by atoms with E-state index in [1.54, 1.807) is 4.52 Å². The van der Waals surface area contributed by atoms with Gasteiger partial charge in [-0.2, -0.15) is 4.52 Å². The Labute approximate surface area is 129 Å². The molecular weight excluding hydrogens is 304 g/mol. The van der Waals surface area contributed by atoms with Gasteiger partial charge in [0.2, 0.25) is 10.0 Å². The van der Waals surface area contributed by atoms with Crippen molar-refractivity contribution >= 4 is 21.5 Å². The number of sulfonamides is 1. The molecule has 0 amide bonds. The number of fused-ring (bicyclic) bond motifs is 1. The van der Waals surface area contributed by atoms with Gasteiger partial charge in [-0.15, -0.1) is 15.3 Å². The van der Waals surface area contributed by atoms with Crippen molar-refractivity contribution in [2.45, 2.75) is 18.8 Å². The number of hydrogen-bond acceptors (Lipinski definition) is 6. The Bertz CT molecular complexity index is 777. The lowest BCUT2D eigenvalue weighted by atomic mass is 9.97. The summed E-state index contributed by atoms with van der Waals surface area (Å²) < 4.78 is 26.5. The van der Waals surface area contributed by atoms with E-state index in [2.05, 4.69) is 15.3 Å². The van der Waals surface area contributed by atoms with E-state index in [1.807, 2.05) is 31.1 Å². The average Bonchev–Trinajstić information content (AvgIpc) is 2.89. The zero-order chi connectivity index (χ0) is 15.9. The molecule has 0 atom stereocenters. The van der Waals surface area contributed by atoms with Gasteiger partial charge in [0.05, 0.1) is 6.26 Å². The van der Waals surface area contributed by atoms with Gasteiger partial charge in [0.25, 0.3) is 0 Å². The van der Waals surface area contributed by atoms with Crippen molar-refractivity contribution in [1.29, 1.82) is 0 Å². The van der Waals surface area contributed by atoms with E-state index in [-0.39, 0.29) is 5.92 Å². The van der Waals surface area contributed by atoms with Crippen LogP contribution in [0.2, 0.25) is 0 Å². The van der Waals surface area contributed by atoms with Crippen molar-refractivity contribution < 1.29 is 8.42 Å². The van der Waals surface area contributed by atoms with Crippen molar-refractivity contribution in [2.24, 2.45) is 0 Å². The van der Waals surface area contributed by atoms with Gasteiger partial charge in [-0.25, -0.2) is 12.7 Å². The molecule has 3 rings (SSSR count). The maximum absolute atomic E-state index is 11.6. The van der Waals surface area contributed by atoms with E-state index in [0.717, 1.165) is 24.5 Å². The molecule has 0 saturated carbocycles. The molecule has 0 spiro atoms. The molecule has 120 valence electrons. The molecule has 0 aliphatic carbocycles. The summed E-state index contributed by atoms with van der Waals surface area (Å²) in [5.41, 5.74) is 0.714. The molecule has 2 aromatic rings.